The molecule has 5 heteroatoms. The number of allylic oxidation sites excluding steroid dienone is 1. The normalized spacial score (nSPS) is 13.9. The minimum absolute atomic E-state index is 0.0331. The van der Waals surface area contributed by atoms with Crippen molar-refractivity contribution in [3.05, 3.63) is 36.0 Å². The van der Waals surface area contributed by atoms with E-state index < -0.39 is 0 Å². The Morgan fingerprint density at radius 2 is 2.14 bits per heavy atom. The number of aliphatic hydroxyl groups excluding tert-OH is 1. The van der Waals surface area contributed by atoms with Gasteiger partial charge in [0.15, 0.2) is 0 Å². The Balaban J connectivity index is 2.75. The fraction of sp³-hybridized carbons (Fsp3) is 0.438. The van der Waals surface area contributed by atoms with Gasteiger partial charge in [0.25, 0.3) is 0 Å². The van der Waals surface area contributed by atoms with Crippen LogP contribution in [0.4, 0.5) is 5.69 Å². The van der Waals surface area contributed by atoms with Gasteiger partial charge in [-0.05, 0) is 19.1 Å². The first-order chi connectivity index (χ1) is 9.72. The second-order valence-corrected chi connectivity index (χ2v) is 6.13. The highest BCUT2D eigenvalue weighted by Gasteiger charge is 2.15. The van der Waals surface area contributed by atoms with Gasteiger partial charge in [-0.2, -0.15) is 0 Å². The van der Waals surface area contributed by atoms with E-state index in [4.69, 9.17) is 21.0 Å². The molecule has 0 saturated carbocycles. The van der Waals surface area contributed by atoms with Gasteiger partial charge >= 0.3 is 0 Å². The molecule has 1 unspecified atom stereocenters. The fourth-order valence-electron chi connectivity index (χ4n) is 1.55. The zero-order chi connectivity index (χ0) is 16.0. The van der Waals surface area contributed by atoms with Gasteiger partial charge in [0.05, 0.1) is 6.61 Å². The Morgan fingerprint density at radius 3 is 2.71 bits per heavy atom. The maximum absolute atomic E-state index is 9.00. The molecule has 5 nitrogen and oxygen atoms in total. The molecule has 0 saturated heterocycles. The van der Waals surface area contributed by atoms with Crippen LogP contribution in [0.3, 0.4) is 0 Å². The standard InChI is InChI=1S/C16H25N3O2/c1-11(10-20)21-13-7-5-6-12(8-13)19-15(18)9-14(17)16(2,3)4/h5-9,11,20H,10,17H2,1-4H3,(H2,18,19)/p+1. The summed E-state index contributed by atoms with van der Waals surface area (Å²) in [4.78, 5) is 0. The first kappa shape index (κ1) is 17.2. The Bertz CT molecular complexity index is 518. The highest BCUT2D eigenvalue weighted by atomic mass is 16.5. The maximum atomic E-state index is 9.00. The lowest BCUT2D eigenvalue weighted by Gasteiger charge is -2.18. The number of benzene rings is 1. The van der Waals surface area contributed by atoms with Gasteiger partial charge in [0.2, 0.25) is 5.84 Å². The van der Waals surface area contributed by atoms with Crippen molar-refractivity contribution in [2.75, 3.05) is 6.61 Å². The lowest BCUT2D eigenvalue weighted by molar-refractivity contribution is -0.443. The Hall–Kier alpha value is -1.85. The summed E-state index contributed by atoms with van der Waals surface area (Å²) < 4.78 is 5.54. The van der Waals surface area contributed by atoms with Crippen molar-refractivity contribution in [1.29, 1.82) is 5.41 Å². The summed E-state index contributed by atoms with van der Waals surface area (Å²) >= 11 is 0. The number of quaternary nitrogens is 1. The van der Waals surface area contributed by atoms with Gasteiger partial charge in [-0.15, -0.1) is 0 Å². The first-order valence-corrected chi connectivity index (χ1v) is 7.01. The van der Waals surface area contributed by atoms with Crippen molar-refractivity contribution < 1.29 is 15.2 Å². The molecule has 116 valence electrons. The monoisotopic (exact) mass is 292 g/mol. The molecule has 0 aromatic heterocycles. The molecule has 0 radical (unpaired) electrons. The van der Waals surface area contributed by atoms with Crippen LogP contribution in [-0.4, -0.2) is 23.7 Å². The second kappa shape index (κ2) is 7.24. The quantitative estimate of drug-likeness (QED) is 0.376. The Labute approximate surface area is 126 Å². The van der Waals surface area contributed by atoms with Crippen molar-refractivity contribution in [3.8, 4) is 5.75 Å². The van der Waals surface area contributed by atoms with E-state index in [0.717, 1.165) is 5.69 Å². The van der Waals surface area contributed by atoms with Crippen LogP contribution in [0.2, 0.25) is 0 Å². The molecule has 1 rings (SSSR count). The smallest absolute Gasteiger partial charge is 0.223 e. The predicted octanol–water partition coefficient (Wildman–Crippen LogP) is 1.51. The molecular formula is C16H26N3O2+. The number of hydrogen-bond acceptors (Lipinski definition) is 4. The molecule has 6 N–H and O–H groups in total. The summed E-state index contributed by atoms with van der Waals surface area (Å²) in [7, 11) is 0. The fourth-order valence-corrected chi connectivity index (χ4v) is 1.55. The van der Waals surface area contributed by atoms with Crippen LogP contribution in [0.5, 0.6) is 5.75 Å². The summed E-state index contributed by atoms with van der Waals surface area (Å²) in [5.41, 5.74) is 7.35. The number of amidine groups is 1. The Kier molecular flexibility index (Phi) is 5.93. The summed E-state index contributed by atoms with van der Waals surface area (Å²) in [5, 5.41) is 18.7. The van der Waals surface area contributed by atoms with Crippen LogP contribution in [-0.2, 0) is 0 Å². The third-order valence-corrected chi connectivity index (χ3v) is 2.95. The van der Waals surface area contributed by atoms with Crippen LogP contribution in [0.25, 0.3) is 0 Å². The van der Waals surface area contributed by atoms with E-state index >= 15 is 0 Å². The maximum Gasteiger partial charge on any atom is 0.223 e. The molecule has 21 heavy (non-hydrogen) atoms. The first-order valence-electron chi connectivity index (χ1n) is 7.01. The topological polar surface area (TPSA) is 95.9 Å². The molecule has 0 aliphatic rings. The van der Waals surface area contributed by atoms with Crippen molar-refractivity contribution in [2.24, 2.45) is 11.1 Å². The summed E-state index contributed by atoms with van der Waals surface area (Å²) in [5.74, 6) is 1.01. The van der Waals surface area contributed by atoms with Gasteiger partial charge in [-0.1, -0.05) is 26.8 Å². The van der Waals surface area contributed by atoms with E-state index in [1.54, 1.807) is 18.3 Å². The number of aliphatic hydroxyl groups is 1. The average Bonchev–Trinajstić information content (AvgIpc) is 2.37. The number of ether oxygens (including phenoxy) is 1. The van der Waals surface area contributed by atoms with Gasteiger partial charge in [-0.3, -0.25) is 10.7 Å². The van der Waals surface area contributed by atoms with Gasteiger partial charge in [0, 0.05) is 23.3 Å². The zero-order valence-electron chi connectivity index (χ0n) is 13.2. The van der Waals surface area contributed by atoms with E-state index in [0.29, 0.717) is 17.3 Å². The minimum atomic E-state index is -0.254. The highest BCUT2D eigenvalue weighted by Crippen LogP contribution is 2.20. The SMILES string of the molecule is CC(CO)Oc1cccc([NH2+]C(=N)C=C(N)C(C)(C)C)c1. The average molecular weight is 292 g/mol. The number of nitrogens with one attached hydrogen (secondary N) is 1. The van der Waals surface area contributed by atoms with Crippen LogP contribution in [0, 0.1) is 10.8 Å². The molecule has 1 aromatic rings. The molecular weight excluding hydrogens is 266 g/mol. The lowest BCUT2D eigenvalue weighted by Crippen LogP contribution is -2.81. The van der Waals surface area contributed by atoms with Crippen LogP contribution in [0.1, 0.15) is 27.7 Å². The second-order valence-electron chi connectivity index (χ2n) is 6.13. The van der Waals surface area contributed by atoms with Crippen molar-refractivity contribution in [3.63, 3.8) is 0 Å². The molecule has 1 atom stereocenters. The molecule has 0 aliphatic carbocycles. The van der Waals surface area contributed by atoms with Gasteiger partial charge in [0.1, 0.15) is 17.5 Å². The minimum Gasteiger partial charge on any atom is -0.488 e. The van der Waals surface area contributed by atoms with Gasteiger partial charge in [-0.25, -0.2) is 0 Å². The van der Waals surface area contributed by atoms with Crippen molar-refractivity contribution in [2.45, 2.75) is 33.8 Å². The molecule has 0 amide bonds. The molecule has 0 bridgehead atoms. The van der Waals surface area contributed by atoms with Gasteiger partial charge < -0.3 is 15.6 Å². The van der Waals surface area contributed by atoms with Crippen molar-refractivity contribution in [1.82, 2.24) is 0 Å². The molecule has 1 aromatic carbocycles. The summed E-state index contributed by atoms with van der Waals surface area (Å²) in [6.45, 7) is 7.80. The van der Waals surface area contributed by atoms with Crippen LogP contribution < -0.4 is 15.8 Å². The van der Waals surface area contributed by atoms with E-state index in [2.05, 4.69) is 0 Å². The Morgan fingerprint density at radius 1 is 1.48 bits per heavy atom. The number of rotatable bonds is 5. The van der Waals surface area contributed by atoms with Crippen LogP contribution in [0.15, 0.2) is 36.0 Å². The van der Waals surface area contributed by atoms with Crippen LogP contribution >= 0.6 is 0 Å². The predicted molar refractivity (Wildman–Crippen MR) is 84.7 cm³/mol. The summed E-state index contributed by atoms with van der Waals surface area (Å²) in [6.07, 6.45) is 1.42. The van der Waals surface area contributed by atoms with E-state index in [-0.39, 0.29) is 18.1 Å². The zero-order valence-corrected chi connectivity index (χ0v) is 13.2. The van der Waals surface area contributed by atoms with E-state index in [9.17, 15) is 0 Å². The summed E-state index contributed by atoms with van der Waals surface area (Å²) in [6, 6.07) is 7.41. The highest BCUT2D eigenvalue weighted by molar-refractivity contribution is 5.83. The molecule has 0 heterocycles. The lowest BCUT2D eigenvalue weighted by atomic mass is 9.92. The third-order valence-electron chi connectivity index (χ3n) is 2.95. The van der Waals surface area contributed by atoms with E-state index in [1.165, 1.54) is 0 Å². The van der Waals surface area contributed by atoms with Crippen molar-refractivity contribution >= 4 is 11.5 Å². The molecule has 0 fully saturated rings. The largest absolute Gasteiger partial charge is 0.488 e. The number of nitrogens with two attached hydrogens (primary N) is 2. The number of hydrogen-bond donors (Lipinski definition) is 4. The third kappa shape index (κ3) is 5.97. The van der Waals surface area contributed by atoms with E-state index in [1.807, 2.05) is 45.0 Å². The molecule has 0 aliphatic heterocycles. The molecule has 0 spiro atoms.